The lowest BCUT2D eigenvalue weighted by Crippen LogP contribution is -2.47. The predicted octanol–water partition coefficient (Wildman–Crippen LogP) is 4.73. The van der Waals surface area contributed by atoms with E-state index in [1.165, 1.54) is 38.5 Å². The monoisotopic (exact) mass is 298 g/mol. The van der Waals surface area contributed by atoms with Gasteiger partial charge in [0.1, 0.15) is 0 Å². The SMILES string of the molecule is Nc1cc(Cl)c(Cl)cc1N1CCCC2CCCCC21. The maximum absolute atomic E-state index is 6.17. The zero-order valence-corrected chi connectivity index (χ0v) is 12.6. The molecule has 1 heterocycles. The Bertz CT molecular complexity index is 473. The van der Waals surface area contributed by atoms with E-state index >= 15 is 0 Å². The number of nitrogens with two attached hydrogens (primary N) is 1. The Morgan fingerprint density at radius 1 is 1.00 bits per heavy atom. The summed E-state index contributed by atoms with van der Waals surface area (Å²) in [6.07, 6.45) is 7.97. The molecule has 1 aliphatic heterocycles. The fraction of sp³-hybridized carbons (Fsp3) is 0.600. The second-order valence-corrected chi connectivity index (χ2v) is 6.59. The highest BCUT2D eigenvalue weighted by atomic mass is 35.5. The van der Waals surface area contributed by atoms with Crippen LogP contribution in [0.3, 0.4) is 0 Å². The number of fused-ring (bicyclic) bond motifs is 1. The molecule has 19 heavy (non-hydrogen) atoms. The predicted molar refractivity (Wildman–Crippen MR) is 83.2 cm³/mol. The number of anilines is 2. The topological polar surface area (TPSA) is 29.3 Å². The summed E-state index contributed by atoms with van der Waals surface area (Å²) >= 11 is 12.2. The van der Waals surface area contributed by atoms with Crippen molar-refractivity contribution in [3.8, 4) is 0 Å². The Morgan fingerprint density at radius 3 is 2.53 bits per heavy atom. The van der Waals surface area contributed by atoms with Gasteiger partial charge in [0.25, 0.3) is 0 Å². The van der Waals surface area contributed by atoms with E-state index in [9.17, 15) is 0 Å². The molecule has 0 bridgehead atoms. The molecule has 2 aliphatic rings. The van der Waals surface area contributed by atoms with E-state index < -0.39 is 0 Å². The highest BCUT2D eigenvalue weighted by Crippen LogP contribution is 2.41. The Hall–Kier alpha value is -0.600. The first-order valence-electron chi connectivity index (χ1n) is 7.18. The lowest BCUT2D eigenvalue weighted by Gasteiger charge is -2.45. The summed E-state index contributed by atoms with van der Waals surface area (Å²) in [6, 6.07) is 4.36. The van der Waals surface area contributed by atoms with Gasteiger partial charge in [-0.15, -0.1) is 0 Å². The van der Waals surface area contributed by atoms with Crippen molar-refractivity contribution in [1.82, 2.24) is 0 Å². The third-order valence-electron chi connectivity index (χ3n) is 4.62. The molecule has 3 rings (SSSR count). The van der Waals surface area contributed by atoms with E-state index in [4.69, 9.17) is 28.9 Å². The number of nitrogens with zero attached hydrogens (tertiary/aromatic N) is 1. The van der Waals surface area contributed by atoms with Gasteiger partial charge in [-0.05, 0) is 43.7 Å². The summed E-state index contributed by atoms with van der Waals surface area (Å²) in [5, 5.41) is 1.14. The van der Waals surface area contributed by atoms with E-state index in [1.54, 1.807) is 6.07 Å². The first kappa shape index (κ1) is 13.4. The van der Waals surface area contributed by atoms with E-state index in [0.29, 0.717) is 16.1 Å². The molecular weight excluding hydrogens is 279 g/mol. The number of hydrogen-bond donors (Lipinski definition) is 1. The summed E-state index contributed by atoms with van der Waals surface area (Å²) in [6.45, 7) is 1.09. The molecule has 2 atom stereocenters. The number of halogens is 2. The van der Waals surface area contributed by atoms with Crippen LogP contribution in [0.1, 0.15) is 38.5 Å². The fourth-order valence-corrected chi connectivity index (χ4v) is 4.05. The Balaban J connectivity index is 1.93. The van der Waals surface area contributed by atoms with Crippen molar-refractivity contribution < 1.29 is 0 Å². The summed E-state index contributed by atoms with van der Waals surface area (Å²) in [4.78, 5) is 2.48. The van der Waals surface area contributed by atoms with Gasteiger partial charge in [0.2, 0.25) is 0 Å². The summed E-state index contributed by atoms with van der Waals surface area (Å²) < 4.78 is 0. The van der Waals surface area contributed by atoms with Crippen LogP contribution in [-0.2, 0) is 0 Å². The Morgan fingerprint density at radius 2 is 1.68 bits per heavy atom. The molecule has 0 spiro atoms. The number of benzene rings is 1. The first-order valence-corrected chi connectivity index (χ1v) is 7.93. The molecule has 4 heteroatoms. The fourth-order valence-electron chi connectivity index (χ4n) is 3.72. The van der Waals surface area contributed by atoms with Crippen LogP contribution in [0.5, 0.6) is 0 Å². The molecule has 0 aromatic heterocycles. The van der Waals surface area contributed by atoms with Gasteiger partial charge in [-0.3, -0.25) is 0 Å². The minimum absolute atomic E-state index is 0.542. The molecule has 1 saturated heterocycles. The lowest BCUT2D eigenvalue weighted by atomic mass is 9.78. The van der Waals surface area contributed by atoms with Crippen LogP contribution in [0.25, 0.3) is 0 Å². The minimum atomic E-state index is 0.542. The molecule has 1 aromatic rings. The van der Waals surface area contributed by atoms with Crippen LogP contribution in [0.4, 0.5) is 11.4 Å². The van der Waals surface area contributed by atoms with Gasteiger partial charge in [0.05, 0.1) is 21.4 Å². The van der Waals surface area contributed by atoms with Crippen molar-refractivity contribution in [3.63, 3.8) is 0 Å². The van der Waals surface area contributed by atoms with Gasteiger partial charge in [-0.25, -0.2) is 0 Å². The van der Waals surface area contributed by atoms with Crippen molar-refractivity contribution in [3.05, 3.63) is 22.2 Å². The van der Waals surface area contributed by atoms with Crippen LogP contribution >= 0.6 is 23.2 Å². The van der Waals surface area contributed by atoms with Crippen LogP contribution in [0, 0.1) is 5.92 Å². The maximum Gasteiger partial charge on any atom is 0.0618 e. The molecule has 1 aliphatic carbocycles. The van der Waals surface area contributed by atoms with Crippen LogP contribution in [0.15, 0.2) is 12.1 Å². The maximum atomic E-state index is 6.17. The number of hydrogen-bond acceptors (Lipinski definition) is 2. The molecule has 1 aromatic carbocycles. The zero-order chi connectivity index (χ0) is 13.4. The molecule has 104 valence electrons. The van der Waals surface area contributed by atoms with Crippen molar-refractivity contribution in [2.24, 2.45) is 5.92 Å². The Kier molecular flexibility index (Phi) is 3.81. The molecule has 0 radical (unpaired) electrons. The molecule has 2 fully saturated rings. The number of rotatable bonds is 1. The van der Waals surface area contributed by atoms with Crippen LogP contribution in [0.2, 0.25) is 10.0 Å². The highest BCUT2D eigenvalue weighted by Gasteiger charge is 2.34. The Labute approximate surface area is 124 Å². The van der Waals surface area contributed by atoms with E-state index in [1.807, 2.05) is 6.07 Å². The highest BCUT2D eigenvalue weighted by molar-refractivity contribution is 6.42. The molecule has 2 unspecified atom stereocenters. The van der Waals surface area contributed by atoms with Crippen molar-refractivity contribution in [1.29, 1.82) is 0 Å². The third-order valence-corrected chi connectivity index (χ3v) is 5.34. The molecule has 2 N–H and O–H groups in total. The molecule has 0 amide bonds. The average Bonchev–Trinajstić information content (AvgIpc) is 2.42. The average molecular weight is 299 g/mol. The van der Waals surface area contributed by atoms with Crippen molar-refractivity contribution >= 4 is 34.6 Å². The first-order chi connectivity index (χ1) is 9.16. The van der Waals surface area contributed by atoms with Gasteiger partial charge in [0.15, 0.2) is 0 Å². The largest absolute Gasteiger partial charge is 0.397 e. The quantitative estimate of drug-likeness (QED) is 0.759. The van der Waals surface area contributed by atoms with Gasteiger partial charge in [-0.2, -0.15) is 0 Å². The summed E-state index contributed by atoms with van der Waals surface area (Å²) in [5.41, 5.74) is 7.98. The third kappa shape index (κ3) is 2.53. The lowest BCUT2D eigenvalue weighted by molar-refractivity contribution is 0.244. The van der Waals surface area contributed by atoms with Crippen molar-refractivity contribution in [2.45, 2.75) is 44.6 Å². The molecule has 1 saturated carbocycles. The second kappa shape index (κ2) is 5.41. The van der Waals surface area contributed by atoms with Gasteiger partial charge >= 0.3 is 0 Å². The number of nitrogen functional groups attached to an aromatic ring is 1. The van der Waals surface area contributed by atoms with Gasteiger partial charge < -0.3 is 10.6 Å². The molecule has 2 nitrogen and oxygen atoms in total. The molecular formula is C15H20Cl2N2. The normalized spacial score (nSPS) is 27.2. The van der Waals surface area contributed by atoms with Crippen molar-refractivity contribution in [2.75, 3.05) is 17.2 Å². The zero-order valence-electron chi connectivity index (χ0n) is 11.0. The van der Waals surface area contributed by atoms with Crippen LogP contribution in [-0.4, -0.2) is 12.6 Å². The van der Waals surface area contributed by atoms with E-state index in [0.717, 1.165) is 23.8 Å². The minimum Gasteiger partial charge on any atom is -0.397 e. The second-order valence-electron chi connectivity index (χ2n) is 5.77. The van der Waals surface area contributed by atoms with Crippen LogP contribution < -0.4 is 10.6 Å². The summed E-state index contributed by atoms with van der Waals surface area (Å²) in [7, 11) is 0. The van der Waals surface area contributed by atoms with Gasteiger partial charge in [-0.1, -0.05) is 36.0 Å². The van der Waals surface area contributed by atoms with Gasteiger partial charge in [0, 0.05) is 12.6 Å². The van der Waals surface area contributed by atoms with E-state index in [-0.39, 0.29) is 0 Å². The number of piperidine rings is 1. The van der Waals surface area contributed by atoms with E-state index in [2.05, 4.69) is 4.90 Å². The summed E-state index contributed by atoms with van der Waals surface area (Å²) in [5.74, 6) is 0.830. The smallest absolute Gasteiger partial charge is 0.0618 e. The standard InChI is InChI=1S/C15H20Cl2N2/c16-11-8-13(18)15(9-12(11)17)19-7-3-5-10-4-1-2-6-14(10)19/h8-10,14H,1-7,18H2.